The van der Waals surface area contributed by atoms with E-state index >= 15 is 0 Å². The molecule has 0 radical (unpaired) electrons. The molecule has 1 aromatic carbocycles. The SMILES string of the molecule is O=C(c1cccnc1)c1c(F)cc(F)cc1F. The van der Waals surface area contributed by atoms with Crippen molar-refractivity contribution in [2.75, 3.05) is 0 Å². The summed E-state index contributed by atoms with van der Waals surface area (Å²) in [4.78, 5) is 15.4. The number of halogens is 3. The van der Waals surface area contributed by atoms with Gasteiger partial charge in [-0.25, -0.2) is 13.2 Å². The Kier molecular flexibility index (Phi) is 2.91. The van der Waals surface area contributed by atoms with Gasteiger partial charge >= 0.3 is 0 Å². The summed E-state index contributed by atoms with van der Waals surface area (Å²) in [6.45, 7) is 0. The zero-order chi connectivity index (χ0) is 12.4. The van der Waals surface area contributed by atoms with Crippen molar-refractivity contribution in [2.45, 2.75) is 0 Å². The molecule has 0 amide bonds. The minimum atomic E-state index is -1.23. The summed E-state index contributed by atoms with van der Waals surface area (Å²) in [5.74, 6) is -4.39. The third kappa shape index (κ3) is 2.18. The van der Waals surface area contributed by atoms with Crippen LogP contribution in [0, 0.1) is 17.5 Å². The van der Waals surface area contributed by atoms with Crippen LogP contribution in [0.5, 0.6) is 0 Å². The first-order valence-electron chi connectivity index (χ1n) is 4.69. The van der Waals surface area contributed by atoms with E-state index in [2.05, 4.69) is 4.98 Å². The lowest BCUT2D eigenvalue weighted by atomic mass is 10.0. The molecule has 0 aliphatic heterocycles. The van der Waals surface area contributed by atoms with Crippen molar-refractivity contribution in [1.29, 1.82) is 0 Å². The summed E-state index contributed by atoms with van der Waals surface area (Å²) in [5.41, 5.74) is -0.740. The smallest absolute Gasteiger partial charge is 0.200 e. The van der Waals surface area contributed by atoms with E-state index < -0.39 is 28.8 Å². The van der Waals surface area contributed by atoms with E-state index in [0.29, 0.717) is 12.1 Å². The minimum absolute atomic E-state index is 0.0388. The van der Waals surface area contributed by atoms with E-state index in [0.717, 1.165) is 0 Å². The molecule has 2 rings (SSSR count). The molecule has 0 fully saturated rings. The maximum absolute atomic E-state index is 13.3. The Labute approximate surface area is 94.7 Å². The van der Waals surface area contributed by atoms with Gasteiger partial charge in [0, 0.05) is 30.1 Å². The highest BCUT2D eigenvalue weighted by molar-refractivity contribution is 6.09. The topological polar surface area (TPSA) is 30.0 Å². The molecule has 0 aliphatic rings. The number of hydrogen-bond acceptors (Lipinski definition) is 2. The van der Waals surface area contributed by atoms with Crippen LogP contribution in [0.15, 0.2) is 36.7 Å². The van der Waals surface area contributed by atoms with Crippen LogP contribution < -0.4 is 0 Å². The number of aromatic nitrogens is 1. The summed E-state index contributed by atoms with van der Waals surface area (Å²) in [6.07, 6.45) is 2.61. The lowest BCUT2D eigenvalue weighted by Crippen LogP contribution is -2.08. The second-order valence-corrected chi connectivity index (χ2v) is 3.32. The van der Waals surface area contributed by atoms with E-state index in [1.165, 1.54) is 24.5 Å². The highest BCUT2D eigenvalue weighted by Crippen LogP contribution is 2.18. The van der Waals surface area contributed by atoms with Crippen molar-refractivity contribution in [1.82, 2.24) is 4.98 Å². The molecule has 5 heteroatoms. The number of benzene rings is 1. The first-order valence-corrected chi connectivity index (χ1v) is 4.69. The molecule has 1 aromatic heterocycles. The number of carbonyl (C=O) groups excluding carboxylic acids is 1. The van der Waals surface area contributed by atoms with Gasteiger partial charge in [0.25, 0.3) is 0 Å². The number of ketones is 1. The quantitative estimate of drug-likeness (QED) is 0.751. The van der Waals surface area contributed by atoms with Gasteiger partial charge in [-0.2, -0.15) is 0 Å². The fraction of sp³-hybridized carbons (Fsp3) is 0. The number of rotatable bonds is 2. The second-order valence-electron chi connectivity index (χ2n) is 3.32. The molecule has 86 valence electrons. The predicted octanol–water partition coefficient (Wildman–Crippen LogP) is 2.73. The van der Waals surface area contributed by atoms with Crippen molar-refractivity contribution in [3.8, 4) is 0 Å². The standard InChI is InChI=1S/C12H6F3NO/c13-8-4-9(14)11(10(15)5-8)12(17)7-2-1-3-16-6-7/h1-6H. The summed E-state index contributed by atoms with van der Waals surface area (Å²) in [7, 11) is 0. The van der Waals surface area contributed by atoms with Crippen LogP contribution in [0.3, 0.4) is 0 Å². The van der Waals surface area contributed by atoms with Crippen molar-refractivity contribution in [3.63, 3.8) is 0 Å². The molecular formula is C12H6F3NO. The number of pyridine rings is 1. The predicted molar refractivity (Wildman–Crippen MR) is 54.0 cm³/mol. The average molecular weight is 237 g/mol. The Morgan fingerprint density at radius 3 is 2.29 bits per heavy atom. The third-order valence-corrected chi connectivity index (χ3v) is 2.16. The molecule has 0 unspecified atom stereocenters. The zero-order valence-electron chi connectivity index (χ0n) is 8.45. The molecular weight excluding hydrogens is 231 g/mol. The van der Waals surface area contributed by atoms with Crippen molar-refractivity contribution in [3.05, 3.63) is 65.2 Å². The number of carbonyl (C=O) groups is 1. The van der Waals surface area contributed by atoms with Crippen molar-refractivity contribution in [2.24, 2.45) is 0 Å². The van der Waals surface area contributed by atoms with Gasteiger partial charge in [0.15, 0.2) is 5.78 Å². The summed E-state index contributed by atoms with van der Waals surface area (Å²) < 4.78 is 39.3. The number of hydrogen-bond donors (Lipinski definition) is 0. The van der Waals surface area contributed by atoms with E-state index in [-0.39, 0.29) is 5.56 Å². The summed E-state index contributed by atoms with van der Waals surface area (Å²) in [5, 5.41) is 0. The Bertz CT molecular complexity index is 546. The first-order chi connectivity index (χ1) is 8.09. The lowest BCUT2D eigenvalue weighted by Gasteiger charge is -2.04. The van der Waals surface area contributed by atoms with Gasteiger partial charge in [-0.15, -0.1) is 0 Å². The van der Waals surface area contributed by atoms with Crippen LogP contribution in [0.1, 0.15) is 15.9 Å². The van der Waals surface area contributed by atoms with Crippen LogP contribution in [0.4, 0.5) is 13.2 Å². The Balaban J connectivity index is 2.52. The molecule has 17 heavy (non-hydrogen) atoms. The molecule has 0 saturated carbocycles. The molecule has 0 bridgehead atoms. The summed E-state index contributed by atoms with van der Waals surface area (Å²) in [6, 6.07) is 3.77. The van der Waals surface area contributed by atoms with Crippen molar-refractivity contribution < 1.29 is 18.0 Å². The second kappa shape index (κ2) is 4.37. The molecule has 1 heterocycles. The van der Waals surface area contributed by atoms with E-state index in [4.69, 9.17) is 0 Å². The van der Waals surface area contributed by atoms with Crippen LogP contribution in [-0.2, 0) is 0 Å². The van der Waals surface area contributed by atoms with Crippen molar-refractivity contribution >= 4 is 5.78 Å². The minimum Gasteiger partial charge on any atom is -0.288 e. The fourth-order valence-corrected chi connectivity index (χ4v) is 1.40. The van der Waals surface area contributed by atoms with Gasteiger partial charge in [-0.05, 0) is 12.1 Å². The zero-order valence-corrected chi connectivity index (χ0v) is 8.45. The number of nitrogens with zero attached hydrogens (tertiary/aromatic N) is 1. The maximum atomic E-state index is 13.3. The highest BCUT2D eigenvalue weighted by Gasteiger charge is 2.20. The molecule has 0 spiro atoms. The van der Waals surface area contributed by atoms with Crippen LogP contribution >= 0.6 is 0 Å². The third-order valence-electron chi connectivity index (χ3n) is 2.16. The van der Waals surface area contributed by atoms with E-state index in [1.54, 1.807) is 0 Å². The van der Waals surface area contributed by atoms with E-state index in [9.17, 15) is 18.0 Å². The average Bonchev–Trinajstić information content (AvgIpc) is 2.28. The lowest BCUT2D eigenvalue weighted by molar-refractivity contribution is 0.103. The fourth-order valence-electron chi connectivity index (χ4n) is 1.40. The Hall–Kier alpha value is -2.17. The van der Waals surface area contributed by atoms with Gasteiger partial charge in [0.2, 0.25) is 0 Å². The van der Waals surface area contributed by atoms with Crippen LogP contribution in [0.2, 0.25) is 0 Å². The Morgan fingerprint density at radius 1 is 1.12 bits per heavy atom. The molecule has 0 atom stereocenters. The van der Waals surface area contributed by atoms with Gasteiger partial charge in [-0.3, -0.25) is 9.78 Å². The molecule has 2 aromatic rings. The van der Waals surface area contributed by atoms with Gasteiger partial charge in [-0.1, -0.05) is 0 Å². The largest absolute Gasteiger partial charge is 0.288 e. The van der Waals surface area contributed by atoms with Crippen LogP contribution in [0.25, 0.3) is 0 Å². The molecule has 0 saturated heterocycles. The highest BCUT2D eigenvalue weighted by atomic mass is 19.1. The van der Waals surface area contributed by atoms with Gasteiger partial charge in [0.05, 0.1) is 5.56 Å². The Morgan fingerprint density at radius 2 is 1.76 bits per heavy atom. The molecule has 2 nitrogen and oxygen atoms in total. The summed E-state index contributed by atoms with van der Waals surface area (Å²) >= 11 is 0. The van der Waals surface area contributed by atoms with Crippen LogP contribution in [-0.4, -0.2) is 10.8 Å². The molecule has 0 N–H and O–H groups in total. The van der Waals surface area contributed by atoms with Gasteiger partial charge < -0.3 is 0 Å². The molecule has 0 aliphatic carbocycles. The normalized spacial score (nSPS) is 10.3. The monoisotopic (exact) mass is 237 g/mol. The first kappa shape index (κ1) is 11.3. The van der Waals surface area contributed by atoms with E-state index in [1.807, 2.05) is 0 Å². The van der Waals surface area contributed by atoms with Gasteiger partial charge in [0.1, 0.15) is 17.5 Å². The maximum Gasteiger partial charge on any atom is 0.200 e.